The lowest BCUT2D eigenvalue weighted by Gasteiger charge is -2.16. The molecule has 0 saturated carbocycles. The summed E-state index contributed by atoms with van der Waals surface area (Å²) in [6.07, 6.45) is 4.77. The van der Waals surface area contributed by atoms with Crippen molar-refractivity contribution in [3.8, 4) is 22.3 Å². The normalized spacial score (nSPS) is 12.1. The van der Waals surface area contributed by atoms with Crippen LogP contribution in [-0.2, 0) is 12.8 Å². The van der Waals surface area contributed by atoms with Crippen LogP contribution in [0.25, 0.3) is 22.3 Å². The van der Waals surface area contributed by atoms with E-state index in [0.717, 1.165) is 6.42 Å². The first-order chi connectivity index (χ1) is 12.2. The number of fused-ring (bicyclic) bond motifs is 3. The zero-order valence-electron chi connectivity index (χ0n) is 15.5. The maximum absolute atomic E-state index is 2.40. The van der Waals surface area contributed by atoms with Gasteiger partial charge in [0, 0.05) is 0 Å². The van der Waals surface area contributed by atoms with E-state index in [9.17, 15) is 0 Å². The molecule has 0 heteroatoms. The quantitative estimate of drug-likeness (QED) is 0.383. The summed E-state index contributed by atoms with van der Waals surface area (Å²) in [5.41, 5.74) is 12.9. The summed E-state index contributed by atoms with van der Waals surface area (Å²) in [6, 6.07) is 20.5. The lowest BCUT2D eigenvalue weighted by molar-refractivity contribution is 0.794. The van der Waals surface area contributed by atoms with Gasteiger partial charge in [0.05, 0.1) is 0 Å². The molecule has 1 aliphatic rings. The number of aryl methyl sites for hydroxylation is 3. The van der Waals surface area contributed by atoms with Crippen LogP contribution in [0.2, 0.25) is 0 Å². The summed E-state index contributed by atoms with van der Waals surface area (Å²) in [4.78, 5) is 0. The molecule has 0 radical (unpaired) electrons. The highest BCUT2D eigenvalue weighted by Crippen LogP contribution is 2.43. The van der Waals surface area contributed by atoms with Gasteiger partial charge in [-0.2, -0.15) is 0 Å². The van der Waals surface area contributed by atoms with E-state index in [1.165, 1.54) is 69.3 Å². The van der Waals surface area contributed by atoms with Gasteiger partial charge in [0.1, 0.15) is 0 Å². The molecule has 0 spiro atoms. The largest absolute Gasteiger partial charge is 0.0654 e. The minimum Gasteiger partial charge on any atom is -0.0654 e. The third-order valence-corrected chi connectivity index (χ3v) is 5.53. The smallest absolute Gasteiger partial charge is 0.000728 e. The van der Waals surface area contributed by atoms with Gasteiger partial charge in [-0.05, 0) is 83.2 Å². The second-order valence-electron chi connectivity index (χ2n) is 7.37. The van der Waals surface area contributed by atoms with Gasteiger partial charge in [-0.25, -0.2) is 0 Å². The fraction of sp³-hybridized carbons (Fsp3) is 0.280. The molecule has 0 fully saturated rings. The third kappa shape index (κ3) is 2.80. The second kappa shape index (κ2) is 6.52. The van der Waals surface area contributed by atoms with Crippen LogP contribution in [0.15, 0.2) is 54.6 Å². The third-order valence-electron chi connectivity index (χ3n) is 5.53. The monoisotopic (exact) mass is 326 g/mol. The maximum Gasteiger partial charge on any atom is -0.000728 e. The fourth-order valence-electron chi connectivity index (χ4n) is 4.39. The van der Waals surface area contributed by atoms with Crippen molar-refractivity contribution >= 4 is 0 Å². The van der Waals surface area contributed by atoms with E-state index in [0.29, 0.717) is 0 Å². The van der Waals surface area contributed by atoms with Crippen molar-refractivity contribution in [2.24, 2.45) is 0 Å². The van der Waals surface area contributed by atoms with Gasteiger partial charge in [0.25, 0.3) is 0 Å². The zero-order valence-corrected chi connectivity index (χ0v) is 15.5. The summed E-state index contributed by atoms with van der Waals surface area (Å²) in [6.45, 7) is 6.82. The van der Waals surface area contributed by atoms with Crippen LogP contribution in [0.1, 0.15) is 47.6 Å². The number of benzene rings is 3. The molecule has 0 amide bonds. The summed E-state index contributed by atoms with van der Waals surface area (Å²) in [7, 11) is 0. The van der Waals surface area contributed by atoms with Gasteiger partial charge in [-0.15, -0.1) is 0 Å². The summed E-state index contributed by atoms with van der Waals surface area (Å²) < 4.78 is 0. The summed E-state index contributed by atoms with van der Waals surface area (Å²) >= 11 is 0. The molecular weight excluding hydrogens is 300 g/mol. The molecule has 3 aromatic rings. The molecule has 0 N–H and O–H groups in total. The predicted octanol–water partition coefficient (Wildman–Crippen LogP) is 6.88. The highest BCUT2D eigenvalue weighted by molar-refractivity contribution is 5.86. The number of rotatable bonds is 4. The van der Waals surface area contributed by atoms with Crippen molar-refractivity contribution in [1.29, 1.82) is 0 Å². The minimum atomic E-state index is 1.05. The lowest BCUT2D eigenvalue weighted by atomic mass is 9.88. The van der Waals surface area contributed by atoms with Gasteiger partial charge in [-0.1, -0.05) is 67.9 Å². The SMILES string of the molecule is CCCCc1cc(C)c(-c2cccc3c2Cc2ccccc2-3)c(C)c1. The van der Waals surface area contributed by atoms with Crippen molar-refractivity contribution in [2.45, 2.75) is 46.5 Å². The van der Waals surface area contributed by atoms with Gasteiger partial charge in [0.2, 0.25) is 0 Å². The van der Waals surface area contributed by atoms with Gasteiger partial charge in [0.15, 0.2) is 0 Å². The molecule has 0 atom stereocenters. The van der Waals surface area contributed by atoms with Crippen molar-refractivity contribution in [3.05, 3.63) is 82.4 Å². The first kappa shape index (κ1) is 16.1. The molecule has 0 aromatic heterocycles. The van der Waals surface area contributed by atoms with Crippen LogP contribution in [0.3, 0.4) is 0 Å². The Kier molecular flexibility index (Phi) is 4.21. The molecule has 126 valence electrons. The van der Waals surface area contributed by atoms with E-state index in [1.807, 2.05) is 0 Å². The van der Waals surface area contributed by atoms with Crippen molar-refractivity contribution in [3.63, 3.8) is 0 Å². The first-order valence-corrected chi connectivity index (χ1v) is 9.49. The van der Waals surface area contributed by atoms with E-state index in [-0.39, 0.29) is 0 Å². The molecule has 3 aromatic carbocycles. The van der Waals surface area contributed by atoms with Crippen LogP contribution < -0.4 is 0 Å². The second-order valence-corrected chi connectivity index (χ2v) is 7.37. The summed E-state index contributed by atoms with van der Waals surface area (Å²) in [5, 5.41) is 0. The molecule has 25 heavy (non-hydrogen) atoms. The zero-order chi connectivity index (χ0) is 17.4. The first-order valence-electron chi connectivity index (χ1n) is 9.49. The molecule has 0 aliphatic heterocycles. The summed E-state index contributed by atoms with van der Waals surface area (Å²) in [5.74, 6) is 0. The minimum absolute atomic E-state index is 1.05. The highest BCUT2D eigenvalue weighted by Gasteiger charge is 2.22. The van der Waals surface area contributed by atoms with E-state index < -0.39 is 0 Å². The Morgan fingerprint density at radius 1 is 0.800 bits per heavy atom. The van der Waals surface area contributed by atoms with Gasteiger partial charge < -0.3 is 0 Å². The van der Waals surface area contributed by atoms with Crippen molar-refractivity contribution < 1.29 is 0 Å². The van der Waals surface area contributed by atoms with Crippen LogP contribution in [-0.4, -0.2) is 0 Å². The molecule has 0 unspecified atom stereocenters. The van der Waals surface area contributed by atoms with E-state index in [1.54, 1.807) is 0 Å². The molecule has 0 nitrogen and oxygen atoms in total. The van der Waals surface area contributed by atoms with Gasteiger partial charge >= 0.3 is 0 Å². The molecule has 1 aliphatic carbocycles. The van der Waals surface area contributed by atoms with Crippen LogP contribution in [0.4, 0.5) is 0 Å². The Morgan fingerprint density at radius 2 is 1.48 bits per heavy atom. The number of unbranched alkanes of at least 4 members (excludes halogenated alkanes) is 1. The topological polar surface area (TPSA) is 0 Å². The van der Waals surface area contributed by atoms with Crippen molar-refractivity contribution in [2.75, 3.05) is 0 Å². The fourth-order valence-corrected chi connectivity index (χ4v) is 4.39. The number of hydrogen-bond acceptors (Lipinski definition) is 0. The van der Waals surface area contributed by atoms with E-state index in [2.05, 4.69) is 75.4 Å². The van der Waals surface area contributed by atoms with Crippen molar-refractivity contribution in [1.82, 2.24) is 0 Å². The highest BCUT2D eigenvalue weighted by atomic mass is 14.3. The van der Waals surface area contributed by atoms with E-state index in [4.69, 9.17) is 0 Å². The molecule has 4 rings (SSSR count). The Morgan fingerprint density at radius 3 is 2.24 bits per heavy atom. The van der Waals surface area contributed by atoms with Crippen LogP contribution >= 0.6 is 0 Å². The average Bonchev–Trinajstić information content (AvgIpc) is 2.99. The Hall–Kier alpha value is -2.34. The average molecular weight is 326 g/mol. The number of hydrogen-bond donors (Lipinski definition) is 0. The van der Waals surface area contributed by atoms with Crippen LogP contribution in [0, 0.1) is 13.8 Å². The Labute approximate surface area is 151 Å². The molecule has 0 bridgehead atoms. The molecular formula is C25H26. The standard InChI is InChI=1S/C25H26/c1-4-5-9-19-14-17(2)25(18(3)15-19)23-13-8-12-22-21-11-7-6-10-20(21)16-24(22)23/h6-8,10-15H,4-5,9,16H2,1-3H3. The van der Waals surface area contributed by atoms with Gasteiger partial charge in [-0.3, -0.25) is 0 Å². The predicted molar refractivity (Wildman–Crippen MR) is 108 cm³/mol. The molecule has 0 saturated heterocycles. The van der Waals surface area contributed by atoms with E-state index >= 15 is 0 Å². The maximum atomic E-state index is 2.40. The Balaban J connectivity index is 1.82. The lowest BCUT2D eigenvalue weighted by Crippen LogP contribution is -1.96. The van der Waals surface area contributed by atoms with Crippen LogP contribution in [0.5, 0.6) is 0 Å². The Bertz CT molecular complexity index is 908. The molecule has 0 heterocycles.